The zero-order chi connectivity index (χ0) is 23.5. The van der Waals surface area contributed by atoms with Crippen LogP contribution in [0.1, 0.15) is 28.4 Å². The van der Waals surface area contributed by atoms with E-state index in [1.807, 2.05) is 0 Å². The Kier molecular flexibility index (Phi) is 6.59. The molecule has 2 amide bonds. The lowest BCUT2D eigenvalue weighted by molar-refractivity contribution is -0.114. The summed E-state index contributed by atoms with van der Waals surface area (Å²) < 4.78 is 42.6. The van der Waals surface area contributed by atoms with Gasteiger partial charge < -0.3 is 10.6 Å². The summed E-state index contributed by atoms with van der Waals surface area (Å²) in [6, 6.07) is 14.8. The molecule has 0 aromatic heterocycles. The molecule has 0 heterocycles. The van der Waals surface area contributed by atoms with Gasteiger partial charge in [-0.1, -0.05) is 24.3 Å². The maximum absolute atomic E-state index is 14.2. The van der Waals surface area contributed by atoms with E-state index < -0.39 is 21.7 Å². The average molecular weight is 456 g/mol. The number of halogens is 1. The molecule has 3 rings (SSSR count). The second kappa shape index (κ2) is 9.19. The van der Waals surface area contributed by atoms with Gasteiger partial charge in [0.05, 0.1) is 21.8 Å². The maximum Gasteiger partial charge on any atom is 0.262 e. The molecule has 9 heteroatoms. The lowest BCUT2D eigenvalue weighted by Crippen LogP contribution is -2.19. The molecule has 166 valence electrons. The summed E-state index contributed by atoms with van der Waals surface area (Å²) in [5, 5.41) is 4.93. The van der Waals surface area contributed by atoms with Crippen LogP contribution in [-0.2, 0) is 14.8 Å². The van der Waals surface area contributed by atoms with Gasteiger partial charge >= 0.3 is 0 Å². The number of aryl methyl sites for hydroxylation is 2. The molecule has 0 aliphatic carbocycles. The van der Waals surface area contributed by atoms with Crippen LogP contribution in [0.3, 0.4) is 0 Å². The largest absolute Gasteiger partial charge is 0.326 e. The number of carbonyl (C=O) groups excluding carboxylic acids is 2. The summed E-state index contributed by atoms with van der Waals surface area (Å²) >= 11 is 0. The molecule has 0 bridgehead atoms. The maximum atomic E-state index is 14.2. The van der Waals surface area contributed by atoms with Gasteiger partial charge in [-0.2, -0.15) is 0 Å². The molecule has 0 aliphatic rings. The van der Waals surface area contributed by atoms with Gasteiger partial charge in [0.2, 0.25) is 5.91 Å². The SMILES string of the molecule is CC(=O)Nc1ccc(F)c(NC(=O)c2ccccc2NS(=O)(=O)c2cc(C)ccc2C)c1. The van der Waals surface area contributed by atoms with E-state index in [0.717, 1.165) is 11.6 Å². The van der Waals surface area contributed by atoms with Crippen molar-refractivity contribution < 1.29 is 22.4 Å². The first-order valence-corrected chi connectivity index (χ1v) is 11.1. The highest BCUT2D eigenvalue weighted by Gasteiger charge is 2.21. The van der Waals surface area contributed by atoms with E-state index in [2.05, 4.69) is 15.4 Å². The fraction of sp³-hybridized carbons (Fsp3) is 0.130. The number of nitrogens with one attached hydrogen (secondary N) is 3. The summed E-state index contributed by atoms with van der Waals surface area (Å²) in [6.07, 6.45) is 0. The average Bonchev–Trinajstić information content (AvgIpc) is 2.72. The zero-order valence-electron chi connectivity index (χ0n) is 17.7. The van der Waals surface area contributed by atoms with E-state index in [1.54, 1.807) is 44.2 Å². The molecular formula is C23H22FN3O4S. The Morgan fingerprint density at radius 1 is 0.875 bits per heavy atom. The minimum absolute atomic E-state index is 0.00529. The first-order valence-electron chi connectivity index (χ1n) is 9.64. The first kappa shape index (κ1) is 23.0. The van der Waals surface area contributed by atoms with Gasteiger partial charge in [-0.25, -0.2) is 12.8 Å². The molecule has 7 nitrogen and oxygen atoms in total. The van der Waals surface area contributed by atoms with E-state index >= 15 is 0 Å². The number of carbonyl (C=O) groups is 2. The highest BCUT2D eigenvalue weighted by Crippen LogP contribution is 2.25. The number of hydrogen-bond donors (Lipinski definition) is 3. The van der Waals surface area contributed by atoms with Crippen molar-refractivity contribution in [2.24, 2.45) is 0 Å². The lowest BCUT2D eigenvalue weighted by atomic mass is 10.1. The predicted octanol–water partition coefficient (Wildman–Crippen LogP) is 4.45. The van der Waals surface area contributed by atoms with Crippen molar-refractivity contribution in [3.05, 3.63) is 83.2 Å². The number of hydrogen-bond acceptors (Lipinski definition) is 4. The number of rotatable bonds is 6. The van der Waals surface area contributed by atoms with Crippen LogP contribution in [0.5, 0.6) is 0 Å². The summed E-state index contributed by atoms with van der Waals surface area (Å²) in [4.78, 5) is 24.2. The molecule has 0 spiro atoms. The van der Waals surface area contributed by atoms with Crippen molar-refractivity contribution in [3.8, 4) is 0 Å². The monoisotopic (exact) mass is 455 g/mol. The molecule has 0 fully saturated rings. The van der Waals surface area contributed by atoms with E-state index in [1.165, 1.54) is 31.2 Å². The third-order valence-corrected chi connectivity index (χ3v) is 6.09. The molecule has 0 saturated carbocycles. The molecular weight excluding hydrogens is 433 g/mol. The Morgan fingerprint density at radius 2 is 1.59 bits per heavy atom. The third kappa shape index (κ3) is 5.30. The lowest BCUT2D eigenvalue weighted by Gasteiger charge is -2.15. The number of sulfonamides is 1. The minimum atomic E-state index is -3.98. The van der Waals surface area contributed by atoms with Gasteiger partial charge in [-0.3, -0.25) is 14.3 Å². The van der Waals surface area contributed by atoms with Crippen molar-refractivity contribution >= 4 is 38.9 Å². The van der Waals surface area contributed by atoms with Crippen LogP contribution >= 0.6 is 0 Å². The van der Waals surface area contributed by atoms with Crippen molar-refractivity contribution in [2.45, 2.75) is 25.7 Å². The Hall–Kier alpha value is -3.72. The van der Waals surface area contributed by atoms with Crippen molar-refractivity contribution in [1.29, 1.82) is 0 Å². The van der Waals surface area contributed by atoms with E-state index in [9.17, 15) is 22.4 Å². The second-order valence-electron chi connectivity index (χ2n) is 7.25. The third-order valence-electron chi connectivity index (χ3n) is 4.58. The molecule has 0 saturated heterocycles. The van der Waals surface area contributed by atoms with E-state index in [0.29, 0.717) is 11.3 Å². The van der Waals surface area contributed by atoms with E-state index in [-0.39, 0.29) is 27.7 Å². The molecule has 3 aromatic carbocycles. The fourth-order valence-corrected chi connectivity index (χ4v) is 4.47. The molecule has 0 aliphatic heterocycles. The smallest absolute Gasteiger partial charge is 0.262 e. The summed E-state index contributed by atoms with van der Waals surface area (Å²) in [6.45, 7) is 4.76. The molecule has 3 N–H and O–H groups in total. The summed E-state index contributed by atoms with van der Waals surface area (Å²) in [5.41, 5.74) is 1.53. The molecule has 3 aromatic rings. The summed E-state index contributed by atoms with van der Waals surface area (Å²) in [7, 11) is -3.98. The highest BCUT2D eigenvalue weighted by molar-refractivity contribution is 7.92. The van der Waals surface area contributed by atoms with Crippen molar-refractivity contribution in [2.75, 3.05) is 15.4 Å². The Balaban J connectivity index is 1.91. The number of amides is 2. The molecule has 0 atom stereocenters. The quantitative estimate of drug-likeness (QED) is 0.511. The Bertz CT molecular complexity index is 1310. The molecule has 0 unspecified atom stereocenters. The van der Waals surface area contributed by atoms with Gasteiger partial charge in [-0.15, -0.1) is 0 Å². The van der Waals surface area contributed by atoms with Crippen LogP contribution in [0, 0.1) is 19.7 Å². The van der Waals surface area contributed by atoms with Crippen LogP contribution in [-0.4, -0.2) is 20.2 Å². The predicted molar refractivity (Wildman–Crippen MR) is 122 cm³/mol. The molecule has 32 heavy (non-hydrogen) atoms. The highest BCUT2D eigenvalue weighted by atomic mass is 32.2. The van der Waals surface area contributed by atoms with Gasteiger partial charge in [0.25, 0.3) is 15.9 Å². The van der Waals surface area contributed by atoms with E-state index in [4.69, 9.17) is 0 Å². The van der Waals surface area contributed by atoms with Crippen LogP contribution in [0.2, 0.25) is 0 Å². The van der Waals surface area contributed by atoms with Gasteiger partial charge in [0.1, 0.15) is 5.82 Å². The number of anilines is 3. The van der Waals surface area contributed by atoms with Gasteiger partial charge in [0, 0.05) is 12.6 Å². The zero-order valence-corrected chi connectivity index (χ0v) is 18.5. The normalized spacial score (nSPS) is 11.0. The van der Waals surface area contributed by atoms with Crippen LogP contribution in [0.25, 0.3) is 0 Å². The van der Waals surface area contributed by atoms with Gasteiger partial charge in [-0.05, 0) is 61.4 Å². The minimum Gasteiger partial charge on any atom is -0.326 e. The van der Waals surface area contributed by atoms with Crippen LogP contribution in [0.4, 0.5) is 21.5 Å². The summed E-state index contributed by atoms with van der Waals surface area (Å²) in [5.74, 6) is -1.77. The first-order chi connectivity index (χ1) is 15.1. The molecule has 0 radical (unpaired) electrons. The van der Waals surface area contributed by atoms with Crippen molar-refractivity contribution in [1.82, 2.24) is 0 Å². The number of benzene rings is 3. The topological polar surface area (TPSA) is 104 Å². The number of para-hydroxylation sites is 1. The van der Waals surface area contributed by atoms with Gasteiger partial charge in [0.15, 0.2) is 0 Å². The van der Waals surface area contributed by atoms with Crippen LogP contribution in [0.15, 0.2) is 65.6 Å². The standard InChI is InChI=1S/C23H22FN3O4S/c1-14-8-9-15(2)22(12-14)32(30,31)27-20-7-5-4-6-18(20)23(29)26-21-13-17(25-16(3)28)10-11-19(21)24/h4-13,27H,1-3H3,(H,25,28)(H,26,29). The Morgan fingerprint density at radius 3 is 2.31 bits per heavy atom. The van der Waals surface area contributed by atoms with Crippen molar-refractivity contribution in [3.63, 3.8) is 0 Å². The Labute approximate surface area is 185 Å². The second-order valence-corrected chi connectivity index (χ2v) is 8.90. The fourth-order valence-electron chi connectivity index (χ4n) is 3.06. The van der Waals surface area contributed by atoms with Crippen LogP contribution < -0.4 is 15.4 Å².